The van der Waals surface area contributed by atoms with Gasteiger partial charge < -0.3 is 16.2 Å². The molecule has 0 spiro atoms. The molecular formula is C16H17F3N4O4. The van der Waals surface area contributed by atoms with E-state index in [4.69, 9.17) is 5.73 Å². The third-order valence-electron chi connectivity index (χ3n) is 3.85. The molecule has 0 aliphatic heterocycles. The number of aromatic nitrogens is 2. The number of hydrogen-bond donors (Lipinski definition) is 3. The lowest BCUT2D eigenvalue weighted by atomic mass is 10.1. The maximum absolute atomic E-state index is 13.0. The lowest BCUT2D eigenvalue weighted by molar-refractivity contribution is -0.139. The van der Waals surface area contributed by atoms with Gasteiger partial charge in [-0.05, 0) is 25.0 Å². The van der Waals surface area contributed by atoms with E-state index in [1.54, 1.807) is 6.92 Å². The van der Waals surface area contributed by atoms with Crippen molar-refractivity contribution in [2.75, 3.05) is 0 Å². The molecule has 2 amide bonds. The highest BCUT2D eigenvalue weighted by Crippen LogP contribution is 2.30. The molecule has 11 heteroatoms. The number of primary amides is 1. The number of carbonyl (C=O) groups is 3. The van der Waals surface area contributed by atoms with Crippen LogP contribution in [0.4, 0.5) is 13.2 Å². The third-order valence-corrected chi connectivity index (χ3v) is 3.85. The summed E-state index contributed by atoms with van der Waals surface area (Å²) in [6.45, 7) is 1.66. The molecule has 4 N–H and O–H groups in total. The minimum absolute atomic E-state index is 0.119. The SMILES string of the molecule is CCc1nc2ccc(C(F)(F)F)cn2c1C(=O)NC(CCC(N)=O)C(=O)O. The number of rotatable bonds is 7. The number of imidazole rings is 1. The summed E-state index contributed by atoms with van der Waals surface area (Å²) >= 11 is 0. The van der Waals surface area contributed by atoms with Crippen LogP contribution < -0.4 is 11.1 Å². The van der Waals surface area contributed by atoms with Gasteiger partial charge in [0.15, 0.2) is 0 Å². The molecule has 0 bridgehead atoms. The summed E-state index contributed by atoms with van der Waals surface area (Å²) in [6, 6.07) is 0.544. The number of fused-ring (bicyclic) bond motifs is 1. The molecular weight excluding hydrogens is 369 g/mol. The van der Waals surface area contributed by atoms with Gasteiger partial charge in [-0.3, -0.25) is 14.0 Å². The molecule has 0 radical (unpaired) electrons. The first-order chi connectivity index (χ1) is 12.5. The van der Waals surface area contributed by atoms with Crippen LogP contribution in [0, 0.1) is 0 Å². The van der Waals surface area contributed by atoms with Crippen LogP contribution in [-0.4, -0.2) is 38.3 Å². The number of nitrogens with one attached hydrogen (secondary N) is 1. The van der Waals surface area contributed by atoms with Crippen molar-refractivity contribution in [1.82, 2.24) is 14.7 Å². The number of nitrogens with two attached hydrogens (primary N) is 1. The van der Waals surface area contributed by atoms with Crippen LogP contribution >= 0.6 is 0 Å². The van der Waals surface area contributed by atoms with Gasteiger partial charge in [-0.2, -0.15) is 13.2 Å². The summed E-state index contributed by atoms with van der Waals surface area (Å²) in [6.07, 6.45) is -4.17. The predicted octanol–water partition coefficient (Wildman–Crippen LogP) is 1.36. The number of carboxylic acid groups (broad SMARTS) is 1. The van der Waals surface area contributed by atoms with Crippen molar-refractivity contribution in [1.29, 1.82) is 0 Å². The lowest BCUT2D eigenvalue weighted by Gasteiger charge is -2.14. The maximum atomic E-state index is 13.0. The summed E-state index contributed by atoms with van der Waals surface area (Å²) in [7, 11) is 0. The molecule has 2 aromatic heterocycles. The van der Waals surface area contributed by atoms with Crippen LogP contribution in [0.25, 0.3) is 5.65 Å². The number of pyridine rings is 1. The van der Waals surface area contributed by atoms with Crippen LogP contribution in [0.15, 0.2) is 18.3 Å². The van der Waals surface area contributed by atoms with Crippen LogP contribution in [0.1, 0.15) is 41.5 Å². The summed E-state index contributed by atoms with van der Waals surface area (Å²) in [5.74, 6) is -3.04. The molecule has 0 saturated heterocycles. The van der Waals surface area contributed by atoms with Gasteiger partial charge in [0.05, 0.1) is 11.3 Å². The Labute approximate surface area is 151 Å². The van der Waals surface area contributed by atoms with Crippen molar-refractivity contribution in [3.05, 3.63) is 35.3 Å². The molecule has 2 heterocycles. The predicted molar refractivity (Wildman–Crippen MR) is 86.9 cm³/mol. The van der Waals surface area contributed by atoms with E-state index in [1.165, 1.54) is 0 Å². The summed E-state index contributed by atoms with van der Waals surface area (Å²) < 4.78 is 39.9. The number of carbonyl (C=O) groups excluding carboxylic acids is 2. The Hall–Kier alpha value is -3.11. The highest BCUT2D eigenvalue weighted by molar-refractivity contribution is 5.97. The minimum Gasteiger partial charge on any atom is -0.480 e. The Kier molecular flexibility index (Phi) is 5.72. The quantitative estimate of drug-likeness (QED) is 0.662. The Bertz CT molecular complexity index is 892. The highest BCUT2D eigenvalue weighted by atomic mass is 19.4. The number of aryl methyl sites for hydroxylation is 1. The second-order valence-electron chi connectivity index (χ2n) is 5.77. The minimum atomic E-state index is -4.62. The fourth-order valence-corrected chi connectivity index (χ4v) is 2.52. The molecule has 1 unspecified atom stereocenters. The molecule has 27 heavy (non-hydrogen) atoms. The van der Waals surface area contributed by atoms with Crippen LogP contribution in [-0.2, 0) is 22.2 Å². The molecule has 8 nitrogen and oxygen atoms in total. The van der Waals surface area contributed by atoms with Gasteiger partial charge in [0.25, 0.3) is 5.91 Å². The van der Waals surface area contributed by atoms with Crippen molar-refractivity contribution in [3.8, 4) is 0 Å². The van der Waals surface area contributed by atoms with E-state index in [0.717, 1.165) is 22.7 Å². The maximum Gasteiger partial charge on any atom is 0.417 e. The number of nitrogens with zero attached hydrogens (tertiary/aromatic N) is 2. The van der Waals surface area contributed by atoms with Gasteiger partial charge in [-0.25, -0.2) is 9.78 Å². The first-order valence-electron chi connectivity index (χ1n) is 7.94. The molecule has 0 aromatic carbocycles. The summed E-state index contributed by atoms with van der Waals surface area (Å²) in [5, 5.41) is 11.4. The summed E-state index contributed by atoms with van der Waals surface area (Å²) in [4.78, 5) is 38.8. The first kappa shape index (κ1) is 20.2. The van der Waals surface area contributed by atoms with Gasteiger partial charge in [-0.1, -0.05) is 6.92 Å². The number of alkyl halides is 3. The van der Waals surface area contributed by atoms with Crippen molar-refractivity contribution in [2.24, 2.45) is 5.73 Å². The van der Waals surface area contributed by atoms with Crippen molar-refractivity contribution in [2.45, 2.75) is 38.4 Å². The zero-order valence-electron chi connectivity index (χ0n) is 14.2. The smallest absolute Gasteiger partial charge is 0.417 e. The van der Waals surface area contributed by atoms with Crippen LogP contribution in [0.3, 0.4) is 0 Å². The van der Waals surface area contributed by atoms with E-state index >= 15 is 0 Å². The molecule has 1 atom stereocenters. The van der Waals surface area contributed by atoms with E-state index in [9.17, 15) is 32.7 Å². The fraction of sp³-hybridized carbons (Fsp3) is 0.375. The molecule has 0 aliphatic carbocycles. The number of aliphatic carboxylic acids is 1. The molecule has 0 saturated carbocycles. The second-order valence-corrected chi connectivity index (χ2v) is 5.77. The van der Waals surface area contributed by atoms with Gasteiger partial charge in [-0.15, -0.1) is 0 Å². The third kappa shape index (κ3) is 4.54. The average Bonchev–Trinajstić information content (AvgIpc) is 2.94. The monoisotopic (exact) mass is 386 g/mol. The van der Waals surface area contributed by atoms with Gasteiger partial charge in [0, 0.05) is 12.6 Å². The van der Waals surface area contributed by atoms with Gasteiger partial charge in [0.1, 0.15) is 17.4 Å². The number of carboxylic acids is 1. The number of amides is 2. The zero-order valence-corrected chi connectivity index (χ0v) is 14.2. The fourth-order valence-electron chi connectivity index (χ4n) is 2.52. The normalized spacial score (nSPS) is 12.7. The molecule has 2 aromatic rings. The Morgan fingerprint density at radius 3 is 2.52 bits per heavy atom. The number of hydrogen-bond acceptors (Lipinski definition) is 4. The first-order valence-corrected chi connectivity index (χ1v) is 7.94. The molecule has 2 rings (SSSR count). The lowest BCUT2D eigenvalue weighted by Crippen LogP contribution is -2.42. The van der Waals surface area contributed by atoms with Crippen molar-refractivity contribution in [3.63, 3.8) is 0 Å². The second kappa shape index (κ2) is 7.64. The van der Waals surface area contributed by atoms with Crippen molar-refractivity contribution < 1.29 is 32.7 Å². The Balaban J connectivity index is 2.43. The largest absolute Gasteiger partial charge is 0.480 e. The van der Waals surface area contributed by atoms with E-state index in [-0.39, 0.29) is 36.3 Å². The van der Waals surface area contributed by atoms with E-state index in [2.05, 4.69) is 10.3 Å². The van der Waals surface area contributed by atoms with Crippen LogP contribution in [0.2, 0.25) is 0 Å². The average molecular weight is 386 g/mol. The van der Waals surface area contributed by atoms with Gasteiger partial charge in [0.2, 0.25) is 5.91 Å². The molecule has 0 fully saturated rings. The standard InChI is InChI=1S/C16H17F3N4O4/c1-2-9-13(14(25)22-10(15(26)27)4-5-11(20)24)23-7-8(16(17,18)19)3-6-12(23)21-9/h3,6-7,10H,2,4-5H2,1H3,(H2,20,24)(H,22,25)(H,26,27). The molecule has 0 aliphatic rings. The summed E-state index contributed by atoms with van der Waals surface area (Å²) in [5.41, 5.74) is 4.14. The Morgan fingerprint density at radius 1 is 1.33 bits per heavy atom. The highest BCUT2D eigenvalue weighted by Gasteiger charge is 2.32. The van der Waals surface area contributed by atoms with Crippen molar-refractivity contribution >= 4 is 23.4 Å². The zero-order chi connectivity index (χ0) is 20.4. The molecule has 146 valence electrons. The number of halogens is 3. The van der Waals surface area contributed by atoms with E-state index < -0.39 is 35.6 Å². The van der Waals surface area contributed by atoms with Gasteiger partial charge >= 0.3 is 12.1 Å². The van der Waals surface area contributed by atoms with E-state index in [0.29, 0.717) is 0 Å². The van der Waals surface area contributed by atoms with E-state index in [1.807, 2.05) is 0 Å². The van der Waals surface area contributed by atoms with Crippen LogP contribution in [0.5, 0.6) is 0 Å². The Morgan fingerprint density at radius 2 is 2.00 bits per heavy atom. The topological polar surface area (TPSA) is 127 Å².